The maximum Gasteiger partial charge on any atom is 0.433 e. The zero-order chi connectivity index (χ0) is 33.1. The highest BCUT2D eigenvalue weighted by atomic mass is 35.5. The van der Waals surface area contributed by atoms with Gasteiger partial charge in [0.15, 0.2) is 11.5 Å². The SMILES string of the molecule is COc1ccc(-c2nc(C(=O)N(CCO)Cc3ccc(Cl)cc3)c([C@@H](C)N=C([O-])OC(C)(C)C)o2)c2ccc(C(F)(F)F)nc12. The number of fused-ring (bicyclic) bond motifs is 1. The van der Waals surface area contributed by atoms with Crippen LogP contribution >= 0.6 is 11.6 Å². The fraction of sp³-hybridized carbons (Fsp3) is 0.355. The number of methoxy groups -OCH3 is 1. The minimum atomic E-state index is -4.70. The maximum atomic E-state index is 14.0. The summed E-state index contributed by atoms with van der Waals surface area (Å²) in [7, 11) is 1.30. The summed E-state index contributed by atoms with van der Waals surface area (Å²) in [5.41, 5.74) is -1.36. The van der Waals surface area contributed by atoms with Gasteiger partial charge >= 0.3 is 6.18 Å². The Morgan fingerprint density at radius 2 is 1.80 bits per heavy atom. The third-order valence-electron chi connectivity index (χ3n) is 6.43. The van der Waals surface area contributed by atoms with Gasteiger partial charge in [-0.25, -0.2) is 9.97 Å². The highest BCUT2D eigenvalue weighted by Gasteiger charge is 2.34. The van der Waals surface area contributed by atoms with Crippen molar-refractivity contribution >= 4 is 34.5 Å². The molecule has 0 saturated carbocycles. The number of pyridine rings is 1. The van der Waals surface area contributed by atoms with Crippen LogP contribution in [0, 0.1) is 0 Å². The Hall–Kier alpha value is -4.36. The lowest BCUT2D eigenvalue weighted by Gasteiger charge is -2.30. The average Bonchev–Trinajstić information content (AvgIpc) is 3.41. The maximum absolute atomic E-state index is 14.0. The summed E-state index contributed by atoms with van der Waals surface area (Å²) in [6, 6.07) is 10.6. The standard InChI is InChI=1S/C31H32ClF3N4O6/c1-17(36-29(42)45-30(2,3)4)26-25(28(41)39(14-15-40)16-18-6-8-19(32)9-7-18)38-27(44-26)21-10-12-22(43-5)24-20(21)11-13-23(37-24)31(33,34)35/h6-13,17,40H,14-16H2,1-5H3,(H,36,42)/p-1/t17-/m1/s1. The van der Waals surface area contributed by atoms with E-state index in [4.69, 9.17) is 25.5 Å². The van der Waals surface area contributed by atoms with Gasteiger partial charge in [0.2, 0.25) is 5.89 Å². The number of carbonyl (C=O) groups excluding carboxylic acids is 1. The number of ether oxygens (including phenoxy) is 2. The highest BCUT2D eigenvalue weighted by molar-refractivity contribution is 6.30. The fourth-order valence-corrected chi connectivity index (χ4v) is 4.55. The summed E-state index contributed by atoms with van der Waals surface area (Å²) in [4.78, 5) is 27.5. The molecule has 45 heavy (non-hydrogen) atoms. The van der Waals surface area contributed by atoms with Crippen LogP contribution in [0.4, 0.5) is 13.2 Å². The number of halogens is 4. The molecule has 0 aliphatic rings. The van der Waals surface area contributed by atoms with Crippen LogP contribution in [0.5, 0.6) is 5.75 Å². The monoisotopic (exact) mass is 647 g/mol. The summed E-state index contributed by atoms with van der Waals surface area (Å²) in [6.07, 6.45) is -5.61. The zero-order valence-electron chi connectivity index (χ0n) is 25.1. The first-order valence-corrected chi connectivity index (χ1v) is 14.1. The van der Waals surface area contributed by atoms with Gasteiger partial charge < -0.3 is 29.0 Å². The van der Waals surface area contributed by atoms with E-state index in [1.54, 1.807) is 45.0 Å². The van der Waals surface area contributed by atoms with E-state index in [0.29, 0.717) is 10.6 Å². The second-order valence-corrected chi connectivity index (χ2v) is 11.4. The van der Waals surface area contributed by atoms with Crippen molar-refractivity contribution in [3.05, 3.63) is 76.3 Å². The molecule has 0 saturated heterocycles. The fourth-order valence-electron chi connectivity index (χ4n) is 4.42. The van der Waals surface area contributed by atoms with E-state index >= 15 is 0 Å². The van der Waals surface area contributed by atoms with Crippen LogP contribution in [0.1, 0.15) is 61.2 Å². The van der Waals surface area contributed by atoms with Gasteiger partial charge in [0, 0.05) is 34.7 Å². The molecule has 1 atom stereocenters. The molecule has 2 aromatic heterocycles. The normalized spacial score (nSPS) is 13.2. The highest BCUT2D eigenvalue weighted by Crippen LogP contribution is 2.38. The molecule has 2 heterocycles. The largest absolute Gasteiger partial charge is 0.595 e. The number of benzene rings is 2. The number of aliphatic hydroxyl groups excluding tert-OH is 1. The van der Waals surface area contributed by atoms with E-state index in [1.807, 2.05) is 0 Å². The van der Waals surface area contributed by atoms with E-state index in [9.17, 15) is 28.2 Å². The number of aliphatic hydroxyl groups is 1. The van der Waals surface area contributed by atoms with Crippen molar-refractivity contribution in [1.29, 1.82) is 0 Å². The molecule has 1 amide bonds. The molecule has 0 aliphatic carbocycles. The van der Waals surface area contributed by atoms with Crippen molar-refractivity contribution in [3.8, 4) is 17.2 Å². The molecule has 240 valence electrons. The first-order valence-electron chi connectivity index (χ1n) is 13.8. The third-order valence-corrected chi connectivity index (χ3v) is 6.68. The molecule has 2 aromatic carbocycles. The summed E-state index contributed by atoms with van der Waals surface area (Å²) in [5.74, 6) is -0.799. The van der Waals surface area contributed by atoms with E-state index in [0.717, 1.165) is 6.07 Å². The van der Waals surface area contributed by atoms with Crippen LogP contribution in [0.3, 0.4) is 0 Å². The predicted octanol–water partition coefficient (Wildman–Crippen LogP) is 5.80. The number of hydrogen-bond donors (Lipinski definition) is 1. The number of nitrogens with zero attached hydrogens (tertiary/aromatic N) is 4. The molecule has 0 bridgehead atoms. The summed E-state index contributed by atoms with van der Waals surface area (Å²) in [6.45, 7) is 6.15. The molecule has 10 nitrogen and oxygen atoms in total. The minimum absolute atomic E-state index is 0.0731. The summed E-state index contributed by atoms with van der Waals surface area (Å²) in [5, 5.41) is 23.0. The van der Waals surface area contributed by atoms with Gasteiger partial charge in [-0.05, 0) is 48.9 Å². The molecule has 4 rings (SSSR count). The number of aliphatic imine (C=N–C) groups is 1. The second-order valence-electron chi connectivity index (χ2n) is 11.0. The Morgan fingerprint density at radius 3 is 2.40 bits per heavy atom. The number of carbonyl (C=O) groups is 1. The quantitative estimate of drug-likeness (QED) is 0.178. The van der Waals surface area contributed by atoms with Gasteiger partial charge in [-0.3, -0.25) is 9.79 Å². The van der Waals surface area contributed by atoms with Gasteiger partial charge in [0.25, 0.3) is 5.91 Å². The number of alkyl halides is 3. The first kappa shape index (κ1) is 33.5. The van der Waals surface area contributed by atoms with Crippen LogP contribution in [-0.2, 0) is 17.5 Å². The van der Waals surface area contributed by atoms with Crippen LogP contribution in [0.15, 0.2) is 57.9 Å². The second kappa shape index (κ2) is 13.3. The number of amides is 1. The summed E-state index contributed by atoms with van der Waals surface area (Å²) >= 11 is 6.00. The van der Waals surface area contributed by atoms with Crippen molar-refractivity contribution < 1.29 is 42.1 Å². The van der Waals surface area contributed by atoms with Gasteiger partial charge in [-0.2, -0.15) is 13.2 Å². The van der Waals surface area contributed by atoms with Crippen LogP contribution in [0.25, 0.3) is 22.4 Å². The zero-order valence-corrected chi connectivity index (χ0v) is 25.9. The number of hydrogen-bond acceptors (Lipinski definition) is 9. The number of rotatable bonds is 9. The number of aromatic nitrogens is 2. The molecule has 0 radical (unpaired) electrons. The van der Waals surface area contributed by atoms with Crippen LogP contribution in [0.2, 0.25) is 5.02 Å². The molecule has 0 fully saturated rings. The average molecular weight is 648 g/mol. The van der Waals surface area contributed by atoms with Gasteiger partial charge in [-0.15, -0.1) is 0 Å². The van der Waals surface area contributed by atoms with E-state index in [-0.39, 0.29) is 59.3 Å². The molecule has 0 aliphatic heterocycles. The van der Waals surface area contributed by atoms with Gasteiger partial charge in [-0.1, -0.05) is 44.5 Å². The molecular weight excluding hydrogens is 617 g/mol. The Labute approximate surface area is 262 Å². The van der Waals surface area contributed by atoms with Crippen LogP contribution < -0.4 is 9.84 Å². The van der Waals surface area contributed by atoms with Crippen molar-refractivity contribution in [1.82, 2.24) is 14.9 Å². The summed E-state index contributed by atoms with van der Waals surface area (Å²) < 4.78 is 57.1. The van der Waals surface area contributed by atoms with Crippen molar-refractivity contribution in [2.45, 2.75) is 52.1 Å². The number of oxazole rings is 1. The molecule has 0 spiro atoms. The molecule has 4 aromatic rings. The van der Waals surface area contributed by atoms with Crippen LogP contribution in [-0.4, -0.2) is 57.8 Å². The molecule has 14 heteroatoms. The Bertz CT molecular complexity index is 1700. The topological polar surface area (TPSA) is 133 Å². The molecule has 0 unspecified atom stereocenters. The molecular formula is C31H31ClF3N4O6-. The van der Waals surface area contributed by atoms with E-state index in [1.165, 1.54) is 37.1 Å². The van der Waals surface area contributed by atoms with Gasteiger partial charge in [0.1, 0.15) is 29.1 Å². The third kappa shape index (κ3) is 8.03. The Kier molecular flexibility index (Phi) is 9.93. The minimum Gasteiger partial charge on any atom is -0.595 e. The van der Waals surface area contributed by atoms with Crippen molar-refractivity contribution in [2.75, 3.05) is 20.3 Å². The Balaban J connectivity index is 1.87. The van der Waals surface area contributed by atoms with Crippen molar-refractivity contribution in [3.63, 3.8) is 0 Å². The molecule has 1 N–H and O–H groups in total. The van der Waals surface area contributed by atoms with Gasteiger partial charge in [0.05, 0.1) is 13.7 Å². The van der Waals surface area contributed by atoms with E-state index < -0.39 is 35.5 Å². The van der Waals surface area contributed by atoms with E-state index in [2.05, 4.69) is 15.0 Å². The Morgan fingerprint density at radius 1 is 1.11 bits per heavy atom. The lowest BCUT2D eigenvalue weighted by molar-refractivity contribution is -0.261. The predicted molar refractivity (Wildman–Crippen MR) is 159 cm³/mol. The lowest BCUT2D eigenvalue weighted by atomic mass is 10.1. The smallest absolute Gasteiger partial charge is 0.433 e. The lowest BCUT2D eigenvalue weighted by Crippen LogP contribution is -2.34. The first-order chi connectivity index (χ1) is 21.1. The van der Waals surface area contributed by atoms with Crippen molar-refractivity contribution in [2.24, 2.45) is 4.99 Å².